The van der Waals surface area contributed by atoms with E-state index in [1.165, 1.54) is 16.6 Å². The van der Waals surface area contributed by atoms with Crippen LogP contribution in [0, 0.1) is 0 Å². The van der Waals surface area contributed by atoms with Crippen LogP contribution in [0.15, 0.2) is 132 Å². The molecule has 10 rings (SSSR count). The van der Waals surface area contributed by atoms with Gasteiger partial charge in [-0.05, 0) is 54.8 Å². The summed E-state index contributed by atoms with van der Waals surface area (Å²) in [7, 11) is 0. The number of fused-ring (bicyclic) bond motifs is 8. The first kappa shape index (κ1) is 25.9. The molecule has 0 unspecified atom stereocenters. The molecule has 5 aromatic carbocycles. The van der Waals surface area contributed by atoms with Crippen molar-refractivity contribution >= 4 is 49.9 Å². The van der Waals surface area contributed by atoms with Crippen molar-refractivity contribution < 1.29 is 4.42 Å². The third-order valence-corrected chi connectivity index (χ3v) is 9.10. The van der Waals surface area contributed by atoms with Crippen molar-refractivity contribution in [3.8, 4) is 34.7 Å². The van der Waals surface area contributed by atoms with E-state index in [0.29, 0.717) is 29.1 Å². The maximum absolute atomic E-state index is 6.21. The summed E-state index contributed by atoms with van der Waals surface area (Å²) in [6, 6.07) is 41.4. The number of allylic oxidation sites excluding steroid dienone is 1. The highest BCUT2D eigenvalue weighted by Crippen LogP contribution is 2.42. The van der Waals surface area contributed by atoms with E-state index < -0.39 is 0 Å². The Kier molecular flexibility index (Phi) is 5.57. The second-order valence-electron chi connectivity index (χ2n) is 11.8. The molecule has 0 atom stereocenters. The summed E-state index contributed by atoms with van der Waals surface area (Å²) in [5.41, 5.74) is 9.20. The molecule has 4 heterocycles. The van der Waals surface area contributed by atoms with Crippen LogP contribution >= 0.6 is 0 Å². The van der Waals surface area contributed by atoms with Crippen LogP contribution in [0.5, 0.6) is 0 Å². The van der Waals surface area contributed by atoms with E-state index in [1.54, 1.807) is 0 Å². The fourth-order valence-corrected chi connectivity index (χ4v) is 7.06. The van der Waals surface area contributed by atoms with Gasteiger partial charge in [0.1, 0.15) is 5.52 Å². The highest BCUT2D eigenvalue weighted by atomic mass is 16.3. The van der Waals surface area contributed by atoms with E-state index in [-0.39, 0.29) is 0 Å². The van der Waals surface area contributed by atoms with E-state index in [9.17, 15) is 0 Å². The second kappa shape index (κ2) is 10.1. The molecule has 0 radical (unpaired) electrons. The van der Waals surface area contributed by atoms with Gasteiger partial charge in [0, 0.05) is 33.1 Å². The molecule has 222 valence electrons. The SMILES string of the molecule is C1=Cc2c(c3ccc4c5ccccc5n(-c5nc(-c6ccccc6)nc(-c6nc7ccccc7o6)n5)c4c3n2-c2ccccc2)CC1. The Hall–Kier alpha value is -6.34. The molecule has 47 heavy (non-hydrogen) atoms. The minimum Gasteiger partial charge on any atom is -0.434 e. The average Bonchev–Trinajstić information content (AvgIpc) is 3.83. The monoisotopic (exact) mass is 606 g/mol. The molecule has 0 saturated carbocycles. The van der Waals surface area contributed by atoms with Crippen molar-refractivity contribution in [1.82, 2.24) is 29.1 Å². The zero-order valence-corrected chi connectivity index (χ0v) is 25.2. The number of rotatable bonds is 4. The highest BCUT2D eigenvalue weighted by molar-refractivity contribution is 6.19. The van der Waals surface area contributed by atoms with Crippen LogP contribution < -0.4 is 0 Å². The largest absolute Gasteiger partial charge is 0.434 e. The first-order valence-electron chi connectivity index (χ1n) is 15.8. The van der Waals surface area contributed by atoms with Gasteiger partial charge < -0.3 is 8.98 Å². The zero-order chi connectivity index (χ0) is 30.9. The summed E-state index contributed by atoms with van der Waals surface area (Å²) >= 11 is 0. The predicted octanol–water partition coefficient (Wildman–Crippen LogP) is 9.35. The lowest BCUT2D eigenvalue weighted by molar-refractivity contribution is 0.612. The van der Waals surface area contributed by atoms with E-state index in [4.69, 9.17) is 24.4 Å². The number of para-hydroxylation sites is 4. The summed E-state index contributed by atoms with van der Waals surface area (Å²) in [4.78, 5) is 20.0. The normalized spacial score (nSPS) is 12.9. The number of nitrogens with zero attached hydrogens (tertiary/aromatic N) is 6. The molecule has 7 heteroatoms. The molecular weight excluding hydrogens is 580 g/mol. The Morgan fingerprint density at radius 1 is 0.574 bits per heavy atom. The van der Waals surface area contributed by atoms with Crippen molar-refractivity contribution in [2.45, 2.75) is 12.8 Å². The maximum Gasteiger partial charge on any atom is 0.266 e. The first-order chi connectivity index (χ1) is 23.3. The number of hydrogen-bond acceptors (Lipinski definition) is 5. The quantitative estimate of drug-likeness (QED) is 0.200. The molecule has 1 aliphatic rings. The van der Waals surface area contributed by atoms with Crippen LogP contribution in [0.25, 0.3) is 84.6 Å². The Balaban J connectivity index is 1.36. The van der Waals surface area contributed by atoms with Gasteiger partial charge in [-0.3, -0.25) is 4.57 Å². The number of benzene rings is 5. The van der Waals surface area contributed by atoms with Crippen LogP contribution in [0.4, 0.5) is 0 Å². The Morgan fingerprint density at radius 2 is 1.30 bits per heavy atom. The van der Waals surface area contributed by atoms with Crippen molar-refractivity contribution in [3.63, 3.8) is 0 Å². The average molecular weight is 607 g/mol. The van der Waals surface area contributed by atoms with Gasteiger partial charge in [-0.15, -0.1) is 0 Å². The third kappa shape index (κ3) is 3.93. The molecule has 1 aliphatic carbocycles. The van der Waals surface area contributed by atoms with Crippen LogP contribution in [-0.4, -0.2) is 29.1 Å². The Bertz CT molecular complexity index is 2650. The topological polar surface area (TPSA) is 74.6 Å². The summed E-state index contributed by atoms with van der Waals surface area (Å²) in [6.07, 6.45) is 6.55. The van der Waals surface area contributed by atoms with Gasteiger partial charge in [-0.2, -0.15) is 9.97 Å². The van der Waals surface area contributed by atoms with Crippen LogP contribution in [0.2, 0.25) is 0 Å². The molecule has 0 bridgehead atoms. The first-order valence-corrected chi connectivity index (χ1v) is 15.8. The summed E-state index contributed by atoms with van der Waals surface area (Å²) < 4.78 is 10.8. The smallest absolute Gasteiger partial charge is 0.266 e. The zero-order valence-electron chi connectivity index (χ0n) is 25.2. The molecule has 0 aliphatic heterocycles. The van der Waals surface area contributed by atoms with Crippen LogP contribution in [-0.2, 0) is 6.42 Å². The van der Waals surface area contributed by atoms with E-state index in [0.717, 1.165) is 56.9 Å². The van der Waals surface area contributed by atoms with Gasteiger partial charge in [-0.25, -0.2) is 9.97 Å². The van der Waals surface area contributed by atoms with Crippen molar-refractivity contribution in [2.24, 2.45) is 0 Å². The van der Waals surface area contributed by atoms with Crippen molar-refractivity contribution in [2.75, 3.05) is 0 Å². The molecule has 0 saturated heterocycles. The van der Waals surface area contributed by atoms with Gasteiger partial charge in [0.25, 0.3) is 5.89 Å². The Morgan fingerprint density at radius 3 is 2.17 bits per heavy atom. The molecule has 4 aromatic heterocycles. The molecule has 0 spiro atoms. The van der Waals surface area contributed by atoms with Gasteiger partial charge in [-0.1, -0.05) is 97.1 Å². The number of aryl methyl sites for hydroxylation is 1. The van der Waals surface area contributed by atoms with E-state index >= 15 is 0 Å². The van der Waals surface area contributed by atoms with Gasteiger partial charge in [0.2, 0.25) is 11.8 Å². The van der Waals surface area contributed by atoms with Crippen LogP contribution in [0.3, 0.4) is 0 Å². The molecule has 0 N–H and O–H groups in total. The molecule has 9 aromatic rings. The molecule has 0 amide bonds. The standard InChI is InChI=1S/C40H26N6O/c1-3-13-25(14-4-1)37-42-38(39-41-31-19-9-12-22-34(31)47-39)44-40(43-37)46-33-21-11-8-18-28(33)30-24-23-29-27-17-7-10-20-32(27)45(35(29)36(30)46)26-15-5-2-6-16-26/h1-6,8-16,18-24H,7,17H2. The number of oxazole rings is 1. The van der Waals surface area contributed by atoms with Crippen molar-refractivity contribution in [1.29, 1.82) is 0 Å². The minimum absolute atomic E-state index is 0.353. The molecular formula is C40H26N6O. The lowest BCUT2D eigenvalue weighted by atomic mass is 10.00. The number of hydrogen-bond donors (Lipinski definition) is 0. The van der Waals surface area contributed by atoms with Gasteiger partial charge in [0.05, 0.1) is 16.6 Å². The fraction of sp³-hybridized carbons (Fsp3) is 0.0500. The second-order valence-corrected chi connectivity index (χ2v) is 11.8. The van der Waals surface area contributed by atoms with E-state index in [2.05, 4.69) is 88.0 Å². The summed E-state index contributed by atoms with van der Waals surface area (Å²) in [5, 5.41) is 3.50. The summed E-state index contributed by atoms with van der Waals surface area (Å²) in [6.45, 7) is 0. The predicted molar refractivity (Wildman–Crippen MR) is 187 cm³/mol. The fourth-order valence-electron chi connectivity index (χ4n) is 7.06. The molecule has 0 fully saturated rings. The van der Waals surface area contributed by atoms with E-state index in [1.807, 2.05) is 54.6 Å². The maximum atomic E-state index is 6.21. The van der Waals surface area contributed by atoms with Crippen molar-refractivity contribution in [3.05, 3.63) is 139 Å². The Labute approximate surface area is 269 Å². The summed E-state index contributed by atoms with van der Waals surface area (Å²) in [5.74, 6) is 1.78. The highest BCUT2D eigenvalue weighted by Gasteiger charge is 2.26. The molecule has 7 nitrogen and oxygen atoms in total. The minimum atomic E-state index is 0.353. The lowest BCUT2D eigenvalue weighted by Crippen LogP contribution is -2.07. The number of aromatic nitrogens is 6. The lowest BCUT2D eigenvalue weighted by Gasteiger charge is -2.13. The van der Waals surface area contributed by atoms with Crippen LogP contribution in [0.1, 0.15) is 17.7 Å². The third-order valence-electron chi connectivity index (χ3n) is 9.10. The van der Waals surface area contributed by atoms with Gasteiger partial charge >= 0.3 is 0 Å². The van der Waals surface area contributed by atoms with Gasteiger partial charge in [0.15, 0.2) is 11.4 Å².